The summed E-state index contributed by atoms with van der Waals surface area (Å²) in [6.07, 6.45) is 3.63. The Bertz CT molecular complexity index is 2250. The lowest BCUT2D eigenvalue weighted by molar-refractivity contribution is -0.141. The highest BCUT2D eigenvalue weighted by Crippen LogP contribution is 2.53. The van der Waals surface area contributed by atoms with E-state index >= 15 is 0 Å². The third-order valence-corrected chi connectivity index (χ3v) is 14.0. The number of aromatic nitrogens is 1. The Balaban J connectivity index is 1.19. The molecular formula is C44H55N5O9S. The van der Waals surface area contributed by atoms with Gasteiger partial charge in [-0.2, -0.15) is 0 Å². The fourth-order valence-electron chi connectivity index (χ4n) is 8.07. The topological polar surface area (TPSA) is 182 Å². The van der Waals surface area contributed by atoms with Gasteiger partial charge in [0.1, 0.15) is 40.8 Å². The maximum Gasteiger partial charge on any atom is 0.408 e. The van der Waals surface area contributed by atoms with Gasteiger partial charge in [0, 0.05) is 35.4 Å². The van der Waals surface area contributed by atoms with Crippen LogP contribution in [0.2, 0.25) is 0 Å². The number of benzene rings is 2. The van der Waals surface area contributed by atoms with Crippen LogP contribution in [0.4, 0.5) is 4.79 Å². The molecule has 15 heteroatoms. The van der Waals surface area contributed by atoms with Crippen molar-refractivity contribution in [3.8, 4) is 22.8 Å². The largest absolute Gasteiger partial charge is 0.497 e. The summed E-state index contributed by atoms with van der Waals surface area (Å²) in [7, 11) is -2.46. The van der Waals surface area contributed by atoms with Crippen LogP contribution in [0.25, 0.3) is 22.2 Å². The molecule has 3 saturated carbocycles. The summed E-state index contributed by atoms with van der Waals surface area (Å²) in [5.74, 6) is -1.55. The van der Waals surface area contributed by atoms with Gasteiger partial charge in [-0.25, -0.2) is 18.2 Å². The number of ether oxygens (including phenoxy) is 3. The highest BCUT2D eigenvalue weighted by Gasteiger charge is 2.64. The van der Waals surface area contributed by atoms with Crippen molar-refractivity contribution in [3.63, 3.8) is 0 Å². The molecule has 14 nitrogen and oxygen atoms in total. The Morgan fingerprint density at radius 1 is 1.05 bits per heavy atom. The molecule has 0 spiro atoms. The van der Waals surface area contributed by atoms with E-state index in [4.69, 9.17) is 19.2 Å². The van der Waals surface area contributed by atoms with E-state index in [1.807, 2.05) is 42.5 Å². The van der Waals surface area contributed by atoms with Gasteiger partial charge in [0.25, 0.3) is 5.91 Å². The van der Waals surface area contributed by atoms with Crippen LogP contribution in [0.5, 0.6) is 11.5 Å². The minimum atomic E-state index is -4.03. The Morgan fingerprint density at radius 3 is 2.36 bits per heavy atom. The first-order chi connectivity index (χ1) is 27.9. The molecule has 4 fully saturated rings. The molecule has 0 unspecified atom stereocenters. The summed E-state index contributed by atoms with van der Waals surface area (Å²) < 4.78 is 46.3. The Labute approximate surface area is 345 Å². The average molecular weight is 830 g/mol. The van der Waals surface area contributed by atoms with Gasteiger partial charge in [-0.1, -0.05) is 63.1 Å². The number of rotatable bonds is 15. The number of carbonyl (C=O) groups is 4. The number of nitrogens with one attached hydrogen (secondary N) is 3. The lowest BCUT2D eigenvalue weighted by Crippen LogP contribution is -2.59. The Kier molecular flexibility index (Phi) is 11.2. The molecule has 1 aromatic heterocycles. The normalized spacial score (nSPS) is 23.8. The maximum absolute atomic E-state index is 14.6. The molecule has 3 N–H and O–H groups in total. The van der Waals surface area contributed by atoms with Gasteiger partial charge in [-0.3, -0.25) is 19.1 Å². The van der Waals surface area contributed by atoms with Gasteiger partial charge in [-0.15, -0.1) is 6.58 Å². The lowest BCUT2D eigenvalue weighted by Gasteiger charge is -2.31. The monoisotopic (exact) mass is 829 g/mol. The second kappa shape index (κ2) is 15.8. The summed E-state index contributed by atoms with van der Waals surface area (Å²) in [5, 5.41) is 6.25. The lowest BCUT2D eigenvalue weighted by atomic mass is 10.0. The second-order valence-corrected chi connectivity index (χ2v) is 20.0. The predicted molar refractivity (Wildman–Crippen MR) is 222 cm³/mol. The number of likely N-dealkylation sites (tertiary alicyclic amines) is 1. The number of alkyl carbamates (subject to hydrolysis) is 1. The number of hydrogen-bond acceptors (Lipinski definition) is 10. The van der Waals surface area contributed by atoms with Crippen molar-refractivity contribution >= 4 is 44.7 Å². The highest BCUT2D eigenvalue weighted by molar-refractivity contribution is 7.91. The first-order valence-corrected chi connectivity index (χ1v) is 21.9. The van der Waals surface area contributed by atoms with E-state index < -0.39 is 79.7 Å². The molecule has 0 radical (unpaired) electrons. The summed E-state index contributed by atoms with van der Waals surface area (Å²) in [4.78, 5) is 62.4. The van der Waals surface area contributed by atoms with Gasteiger partial charge in [0.15, 0.2) is 0 Å². The van der Waals surface area contributed by atoms with Crippen LogP contribution in [-0.2, 0) is 29.1 Å². The molecular weight excluding hydrogens is 775 g/mol. The zero-order valence-corrected chi connectivity index (χ0v) is 35.4. The fraction of sp³-hybridized carbons (Fsp3) is 0.523. The smallest absolute Gasteiger partial charge is 0.408 e. The number of hydrogen-bond donors (Lipinski definition) is 3. The highest BCUT2D eigenvalue weighted by atomic mass is 32.2. The summed E-state index contributed by atoms with van der Waals surface area (Å²) in [6.45, 7) is 12.5. The summed E-state index contributed by atoms with van der Waals surface area (Å²) in [5.41, 5.74) is -0.306. The average Bonchev–Trinajstić information content (AvgIpc) is 4.13. The second-order valence-electron chi connectivity index (χ2n) is 17.9. The van der Waals surface area contributed by atoms with Crippen molar-refractivity contribution in [3.05, 3.63) is 67.3 Å². The number of sulfonamides is 1. The molecule has 4 amide bonds. The van der Waals surface area contributed by atoms with E-state index in [0.717, 1.165) is 18.4 Å². The maximum atomic E-state index is 14.6. The minimum absolute atomic E-state index is 0.0225. The van der Waals surface area contributed by atoms with E-state index in [0.29, 0.717) is 53.3 Å². The van der Waals surface area contributed by atoms with E-state index in [2.05, 4.69) is 21.9 Å². The minimum Gasteiger partial charge on any atom is -0.497 e. The molecule has 2 heterocycles. The summed E-state index contributed by atoms with van der Waals surface area (Å²) in [6, 6.07) is 14.6. The molecule has 0 bridgehead atoms. The SMILES string of the molecule is C=C[C@@H]1C[C@]1(NC(=O)[C@@H]1C[C@@H](Oc2cc(-c3ccccc3)nc3cc(OC)ccc23)CN1C(=O)[C@@H](NC(=O)OC(C)(C)C)C(C)C)C(=O)NS(=O)(=O)C1(CC2CC2)CC1. The van der Waals surface area contributed by atoms with Crippen LogP contribution in [0.3, 0.4) is 0 Å². The van der Waals surface area contributed by atoms with E-state index in [9.17, 15) is 27.6 Å². The zero-order valence-electron chi connectivity index (χ0n) is 34.6. The molecule has 1 saturated heterocycles. The van der Waals surface area contributed by atoms with Crippen LogP contribution in [0, 0.1) is 17.8 Å². The van der Waals surface area contributed by atoms with Crippen LogP contribution in [-0.4, -0.2) is 89.8 Å². The van der Waals surface area contributed by atoms with Crippen molar-refractivity contribution in [2.75, 3.05) is 13.7 Å². The molecule has 7 rings (SSSR count). The van der Waals surface area contributed by atoms with Gasteiger partial charge in [0.05, 0.1) is 29.6 Å². The quantitative estimate of drug-likeness (QED) is 0.162. The molecule has 4 aliphatic rings. The van der Waals surface area contributed by atoms with Crippen molar-refractivity contribution < 1.29 is 41.8 Å². The van der Waals surface area contributed by atoms with E-state index in [1.165, 1.54) is 11.0 Å². The van der Waals surface area contributed by atoms with Crippen LogP contribution >= 0.6 is 0 Å². The summed E-state index contributed by atoms with van der Waals surface area (Å²) >= 11 is 0. The van der Waals surface area contributed by atoms with Gasteiger partial charge in [0.2, 0.25) is 21.8 Å². The van der Waals surface area contributed by atoms with Crippen molar-refractivity contribution in [1.29, 1.82) is 0 Å². The van der Waals surface area contributed by atoms with Crippen molar-refractivity contribution in [1.82, 2.24) is 25.2 Å². The van der Waals surface area contributed by atoms with Crippen LogP contribution in [0.1, 0.15) is 79.6 Å². The molecule has 3 aromatic rings. The molecule has 1 aliphatic heterocycles. The standard InChI is InChI=1S/C44H55N5O9S/c1-8-29-24-44(29,40(52)48-59(54,55)43(18-19-43)23-27-14-15-27)47-38(50)35-21-31(25-49(35)39(51)37(26(2)3)46-41(53)58-42(4,5)6)57-36-22-33(28-12-10-9-11-13-28)45-34-20-30(56-7)16-17-32(34)36/h8-13,16-17,20,22,26-27,29,31,35,37H,1,14-15,18-19,21,23-25H2,2-7H3,(H,46,53)(H,47,50)(H,48,52)/t29-,31-,35+,37+,44-/m1/s1. The van der Waals surface area contributed by atoms with E-state index in [1.54, 1.807) is 53.9 Å². The number of amides is 4. The zero-order chi connectivity index (χ0) is 42.5. The molecule has 316 valence electrons. The number of pyridine rings is 1. The van der Waals surface area contributed by atoms with E-state index in [-0.39, 0.29) is 19.4 Å². The fourth-order valence-corrected chi connectivity index (χ4v) is 9.80. The Morgan fingerprint density at radius 2 is 1.76 bits per heavy atom. The van der Waals surface area contributed by atoms with Crippen LogP contribution < -0.4 is 24.8 Å². The number of nitrogens with zero attached hydrogens (tertiary/aromatic N) is 2. The van der Waals surface area contributed by atoms with Crippen molar-refractivity contribution in [2.24, 2.45) is 17.8 Å². The molecule has 59 heavy (non-hydrogen) atoms. The predicted octanol–water partition coefficient (Wildman–Crippen LogP) is 5.65. The number of fused-ring (bicyclic) bond motifs is 1. The third-order valence-electron chi connectivity index (χ3n) is 11.8. The molecule has 5 atom stereocenters. The first kappa shape index (κ1) is 42.0. The Hall–Kier alpha value is -5.18. The third kappa shape index (κ3) is 8.90. The first-order valence-electron chi connectivity index (χ1n) is 20.4. The van der Waals surface area contributed by atoms with Crippen LogP contribution in [0.15, 0.2) is 67.3 Å². The number of methoxy groups -OCH3 is 1. The molecule has 3 aliphatic carbocycles. The number of carbonyl (C=O) groups excluding carboxylic acids is 4. The van der Waals surface area contributed by atoms with Crippen molar-refractivity contribution in [2.45, 2.75) is 114 Å². The van der Waals surface area contributed by atoms with Gasteiger partial charge < -0.3 is 29.7 Å². The van der Waals surface area contributed by atoms with Gasteiger partial charge >= 0.3 is 6.09 Å². The molecule has 2 aromatic carbocycles. The van der Waals surface area contributed by atoms with Gasteiger partial charge in [-0.05, 0) is 70.4 Å².